The van der Waals surface area contributed by atoms with Gasteiger partial charge in [-0.3, -0.25) is 0 Å². The van der Waals surface area contributed by atoms with Crippen LogP contribution < -0.4 is 0 Å². The van der Waals surface area contributed by atoms with Gasteiger partial charge in [-0.15, -0.1) is 0 Å². The summed E-state index contributed by atoms with van der Waals surface area (Å²) in [4.78, 5) is 2.23. The van der Waals surface area contributed by atoms with Crippen molar-refractivity contribution < 1.29 is 4.43 Å². The molecule has 0 aromatic rings. The van der Waals surface area contributed by atoms with Gasteiger partial charge in [0.05, 0.1) is 0 Å². The summed E-state index contributed by atoms with van der Waals surface area (Å²) in [6.45, 7) is 17.7. The Kier molecular flexibility index (Phi) is 5.96. The van der Waals surface area contributed by atoms with Crippen molar-refractivity contribution in [3.05, 3.63) is 10.6 Å². The van der Waals surface area contributed by atoms with Crippen molar-refractivity contribution in [2.45, 2.75) is 84.9 Å². The van der Waals surface area contributed by atoms with Gasteiger partial charge in [0.1, 0.15) is 0 Å². The first-order chi connectivity index (χ1) is 10.5. The monoisotopic (exact) mass is 400 g/mol. The Morgan fingerprint density at radius 3 is 2.57 bits per heavy atom. The van der Waals surface area contributed by atoms with Crippen molar-refractivity contribution in [2.24, 2.45) is 23.2 Å². The normalized spacial score (nSPS) is 35.4. The Balaban J connectivity index is 2.05. The molecule has 0 bridgehead atoms. The summed E-state index contributed by atoms with van der Waals surface area (Å²) in [5.41, 5.74) is 2.16. The van der Waals surface area contributed by atoms with Gasteiger partial charge in [0, 0.05) is 6.61 Å². The molecule has 2 aliphatic carbocycles. The molecule has 0 heterocycles. The quantitative estimate of drug-likeness (QED) is 0.455. The van der Waals surface area contributed by atoms with Crippen LogP contribution in [0.4, 0.5) is 0 Å². The first kappa shape index (κ1) is 19.7. The molecule has 2 rings (SSSR count). The SMILES string of the molecule is C[C@H](CO[Si](C)(C)C(C)(C)C)[C@H]1CCC2C(=CBr)CCC[C@@]21C. The molecule has 0 amide bonds. The predicted molar refractivity (Wildman–Crippen MR) is 107 cm³/mol. The molecule has 2 saturated carbocycles. The lowest BCUT2D eigenvalue weighted by Crippen LogP contribution is -2.43. The van der Waals surface area contributed by atoms with Gasteiger partial charge in [-0.1, -0.05) is 56.1 Å². The third-order valence-electron chi connectivity index (χ3n) is 7.38. The van der Waals surface area contributed by atoms with Gasteiger partial charge in [-0.05, 0) is 78.4 Å². The van der Waals surface area contributed by atoms with Crippen molar-refractivity contribution in [1.82, 2.24) is 0 Å². The number of rotatable bonds is 4. The van der Waals surface area contributed by atoms with Crippen LogP contribution in [0.1, 0.15) is 66.7 Å². The molecule has 0 radical (unpaired) electrons. The van der Waals surface area contributed by atoms with Crippen LogP contribution in [0.15, 0.2) is 10.6 Å². The summed E-state index contributed by atoms with van der Waals surface area (Å²) in [6.07, 6.45) is 6.82. The second-order valence-corrected chi connectivity index (χ2v) is 15.1. The van der Waals surface area contributed by atoms with E-state index in [1.807, 2.05) is 0 Å². The number of halogens is 1. The predicted octanol–water partition coefficient (Wildman–Crippen LogP) is 7.14. The number of allylic oxidation sites excluding steroid dienone is 1. The van der Waals surface area contributed by atoms with E-state index in [0.717, 1.165) is 18.4 Å². The second-order valence-electron chi connectivity index (χ2n) is 9.83. The highest BCUT2D eigenvalue weighted by molar-refractivity contribution is 9.11. The summed E-state index contributed by atoms with van der Waals surface area (Å²) in [5.74, 6) is 2.30. The first-order valence-electron chi connectivity index (χ1n) is 9.46. The molecule has 0 N–H and O–H groups in total. The maximum Gasteiger partial charge on any atom is 0.191 e. The Labute approximate surface area is 153 Å². The standard InChI is InChI=1S/C20H37BrOSi/c1-15(14-22-23(6,7)19(2,3)4)17-10-11-18-16(13-21)9-8-12-20(17,18)5/h13,15,17-18H,8-12,14H2,1-7H3/t15-,17-,18?,20-/m1/s1. The zero-order chi connectivity index (χ0) is 17.5. The Hall–Kier alpha value is 0.397. The van der Waals surface area contributed by atoms with Crippen LogP contribution in [0.25, 0.3) is 0 Å². The van der Waals surface area contributed by atoms with Gasteiger partial charge in [0.25, 0.3) is 0 Å². The maximum atomic E-state index is 6.56. The molecule has 134 valence electrons. The van der Waals surface area contributed by atoms with Crippen molar-refractivity contribution in [2.75, 3.05) is 6.61 Å². The van der Waals surface area contributed by atoms with E-state index in [1.165, 1.54) is 32.1 Å². The Morgan fingerprint density at radius 2 is 2.00 bits per heavy atom. The summed E-state index contributed by atoms with van der Waals surface area (Å²) < 4.78 is 6.56. The topological polar surface area (TPSA) is 9.23 Å². The van der Waals surface area contributed by atoms with Crippen LogP contribution >= 0.6 is 15.9 Å². The Morgan fingerprint density at radius 1 is 1.35 bits per heavy atom. The lowest BCUT2D eigenvalue weighted by molar-refractivity contribution is 0.0716. The molecular weight excluding hydrogens is 364 g/mol. The molecule has 3 heteroatoms. The van der Waals surface area contributed by atoms with E-state index in [-0.39, 0.29) is 0 Å². The fourth-order valence-electron chi connectivity index (χ4n) is 4.82. The molecule has 4 atom stereocenters. The maximum absolute atomic E-state index is 6.56. The molecular formula is C20H37BrOSi. The lowest BCUT2D eigenvalue weighted by atomic mass is 9.61. The molecule has 0 aromatic heterocycles. The molecule has 2 fully saturated rings. The van der Waals surface area contributed by atoms with Crippen molar-refractivity contribution in [1.29, 1.82) is 0 Å². The van der Waals surface area contributed by atoms with Crippen LogP contribution in [0.3, 0.4) is 0 Å². The van der Waals surface area contributed by atoms with E-state index in [9.17, 15) is 0 Å². The largest absolute Gasteiger partial charge is 0.417 e. The highest BCUT2D eigenvalue weighted by atomic mass is 79.9. The summed E-state index contributed by atoms with van der Waals surface area (Å²) >= 11 is 3.63. The van der Waals surface area contributed by atoms with E-state index in [0.29, 0.717) is 16.4 Å². The lowest BCUT2D eigenvalue weighted by Gasteiger charge is -2.45. The highest BCUT2D eigenvalue weighted by Gasteiger charge is 2.51. The number of hydrogen-bond acceptors (Lipinski definition) is 1. The minimum atomic E-state index is -1.63. The number of hydrogen-bond donors (Lipinski definition) is 0. The van der Waals surface area contributed by atoms with Gasteiger partial charge >= 0.3 is 0 Å². The fraction of sp³-hybridized carbons (Fsp3) is 0.900. The van der Waals surface area contributed by atoms with Gasteiger partial charge in [0.15, 0.2) is 8.32 Å². The molecule has 1 unspecified atom stereocenters. The van der Waals surface area contributed by atoms with Crippen LogP contribution in [-0.2, 0) is 4.43 Å². The van der Waals surface area contributed by atoms with Crippen LogP contribution in [0.2, 0.25) is 18.1 Å². The molecule has 0 aromatic carbocycles. The minimum Gasteiger partial charge on any atom is -0.417 e. The third-order valence-corrected chi connectivity index (χ3v) is 12.5. The second kappa shape index (κ2) is 6.95. The van der Waals surface area contributed by atoms with E-state index in [2.05, 4.69) is 68.6 Å². The van der Waals surface area contributed by atoms with Gasteiger partial charge < -0.3 is 4.43 Å². The zero-order valence-corrected chi connectivity index (χ0v) is 18.9. The molecule has 0 saturated heterocycles. The average Bonchev–Trinajstić information content (AvgIpc) is 2.80. The molecule has 23 heavy (non-hydrogen) atoms. The fourth-order valence-corrected chi connectivity index (χ4v) is 6.48. The van der Waals surface area contributed by atoms with Crippen LogP contribution in [0.5, 0.6) is 0 Å². The Bertz CT molecular complexity index is 451. The summed E-state index contributed by atoms with van der Waals surface area (Å²) in [7, 11) is -1.63. The van der Waals surface area contributed by atoms with E-state index in [1.54, 1.807) is 5.57 Å². The van der Waals surface area contributed by atoms with Crippen molar-refractivity contribution in [3.63, 3.8) is 0 Å². The summed E-state index contributed by atoms with van der Waals surface area (Å²) in [5, 5.41) is 0.311. The smallest absolute Gasteiger partial charge is 0.191 e. The van der Waals surface area contributed by atoms with Crippen LogP contribution in [0, 0.1) is 23.2 Å². The molecule has 0 spiro atoms. The van der Waals surface area contributed by atoms with E-state index in [4.69, 9.17) is 4.43 Å². The van der Waals surface area contributed by atoms with Crippen LogP contribution in [-0.4, -0.2) is 14.9 Å². The van der Waals surface area contributed by atoms with Gasteiger partial charge in [-0.25, -0.2) is 0 Å². The van der Waals surface area contributed by atoms with Gasteiger partial charge in [0.2, 0.25) is 0 Å². The summed E-state index contributed by atoms with van der Waals surface area (Å²) in [6, 6.07) is 0. The average molecular weight is 402 g/mol. The zero-order valence-electron chi connectivity index (χ0n) is 16.3. The highest BCUT2D eigenvalue weighted by Crippen LogP contribution is 2.59. The third kappa shape index (κ3) is 3.82. The van der Waals surface area contributed by atoms with Crippen molar-refractivity contribution in [3.8, 4) is 0 Å². The van der Waals surface area contributed by atoms with Gasteiger partial charge in [-0.2, -0.15) is 0 Å². The van der Waals surface area contributed by atoms with E-state index >= 15 is 0 Å². The first-order valence-corrected chi connectivity index (χ1v) is 13.3. The molecule has 0 aliphatic heterocycles. The molecule has 1 nitrogen and oxygen atoms in total. The number of fused-ring (bicyclic) bond motifs is 1. The van der Waals surface area contributed by atoms with Crippen molar-refractivity contribution >= 4 is 24.2 Å². The molecule has 2 aliphatic rings. The van der Waals surface area contributed by atoms with E-state index < -0.39 is 8.32 Å². The minimum absolute atomic E-state index is 0.311.